The fraction of sp³-hybridized carbons (Fsp3) is 0.263. The summed E-state index contributed by atoms with van der Waals surface area (Å²) in [5.74, 6) is -1.05. The first kappa shape index (κ1) is 21.1. The van der Waals surface area contributed by atoms with Gasteiger partial charge >= 0.3 is 5.97 Å². The van der Waals surface area contributed by atoms with Gasteiger partial charge in [0.15, 0.2) is 5.13 Å². The van der Waals surface area contributed by atoms with Crippen molar-refractivity contribution in [2.75, 3.05) is 5.32 Å². The fourth-order valence-corrected chi connectivity index (χ4v) is 3.64. The van der Waals surface area contributed by atoms with Crippen LogP contribution < -0.4 is 10.9 Å². The van der Waals surface area contributed by atoms with Crippen LogP contribution >= 0.6 is 11.3 Å². The largest absolute Gasteiger partial charge is 0.459 e. The van der Waals surface area contributed by atoms with Gasteiger partial charge in [0, 0.05) is 23.6 Å². The van der Waals surface area contributed by atoms with Crippen LogP contribution in [-0.2, 0) is 16.1 Å². The quantitative estimate of drug-likeness (QED) is 0.361. The molecule has 0 aliphatic carbocycles. The number of rotatable bonds is 6. The van der Waals surface area contributed by atoms with Crippen LogP contribution in [0.3, 0.4) is 0 Å². The van der Waals surface area contributed by atoms with Crippen molar-refractivity contribution < 1.29 is 19.2 Å². The Hall–Kier alpha value is -3.60. The molecule has 0 saturated carbocycles. The number of fused-ring (bicyclic) bond motifs is 1. The molecule has 0 radical (unpaired) electrons. The number of amides is 1. The lowest BCUT2D eigenvalue weighted by atomic mass is 10.2. The number of carbonyl (C=O) groups excluding carboxylic acids is 2. The molecule has 156 valence electrons. The predicted molar refractivity (Wildman–Crippen MR) is 111 cm³/mol. The lowest BCUT2D eigenvalue weighted by molar-refractivity contribution is -0.384. The number of esters is 1. The van der Waals surface area contributed by atoms with Crippen LogP contribution in [0.4, 0.5) is 10.8 Å². The number of nitrogens with one attached hydrogen (secondary N) is 1. The van der Waals surface area contributed by atoms with Crippen molar-refractivity contribution >= 4 is 44.9 Å². The van der Waals surface area contributed by atoms with Gasteiger partial charge in [0.05, 0.1) is 22.2 Å². The van der Waals surface area contributed by atoms with Crippen LogP contribution in [0.25, 0.3) is 10.9 Å². The number of benzene rings is 1. The summed E-state index contributed by atoms with van der Waals surface area (Å²) in [7, 11) is 0. The molecule has 3 aromatic rings. The lowest BCUT2D eigenvalue weighted by Crippen LogP contribution is -2.27. The van der Waals surface area contributed by atoms with Gasteiger partial charge in [-0.1, -0.05) is 11.3 Å². The number of pyridine rings is 1. The van der Waals surface area contributed by atoms with Crippen LogP contribution in [-0.4, -0.2) is 32.5 Å². The van der Waals surface area contributed by atoms with E-state index in [1.807, 2.05) is 0 Å². The molecule has 0 spiro atoms. The van der Waals surface area contributed by atoms with E-state index in [-0.39, 0.29) is 28.3 Å². The maximum Gasteiger partial charge on any atom is 0.350 e. The standard InChI is InChI=1S/C19H18N4O6S/c1-10(2)29-18(26)17-11(3)20-19(30-17)21-15(24)9-22-14-6-5-13(23(27)28)8-12(14)4-7-16(22)25/h4-8,10H,9H2,1-3H3,(H,20,21,24). The second-order valence-electron chi connectivity index (χ2n) is 6.69. The zero-order chi connectivity index (χ0) is 22.0. The van der Waals surface area contributed by atoms with Crippen LogP contribution in [0.15, 0.2) is 35.1 Å². The van der Waals surface area contributed by atoms with Gasteiger partial charge in [0.1, 0.15) is 11.4 Å². The Morgan fingerprint density at radius 2 is 2.03 bits per heavy atom. The van der Waals surface area contributed by atoms with Crippen molar-refractivity contribution in [1.82, 2.24) is 9.55 Å². The normalized spacial score (nSPS) is 10.9. The highest BCUT2D eigenvalue weighted by Crippen LogP contribution is 2.24. The number of aryl methyl sites for hydroxylation is 1. The highest BCUT2D eigenvalue weighted by atomic mass is 32.1. The molecule has 0 unspecified atom stereocenters. The maximum absolute atomic E-state index is 12.5. The number of nitro groups is 1. The van der Waals surface area contributed by atoms with Gasteiger partial charge in [-0.05, 0) is 32.9 Å². The highest BCUT2D eigenvalue weighted by Gasteiger charge is 2.19. The van der Waals surface area contributed by atoms with E-state index in [1.165, 1.54) is 34.9 Å². The number of aromatic nitrogens is 2. The summed E-state index contributed by atoms with van der Waals surface area (Å²) in [6.45, 7) is 4.77. The Bertz CT molecular complexity index is 1210. The third kappa shape index (κ3) is 4.51. The zero-order valence-electron chi connectivity index (χ0n) is 16.4. The van der Waals surface area contributed by atoms with Gasteiger partial charge in [-0.2, -0.15) is 0 Å². The third-order valence-corrected chi connectivity index (χ3v) is 5.11. The van der Waals surface area contributed by atoms with E-state index in [0.717, 1.165) is 11.3 Å². The first-order valence-corrected chi connectivity index (χ1v) is 9.73. The van der Waals surface area contributed by atoms with Crippen LogP contribution in [0.5, 0.6) is 0 Å². The monoisotopic (exact) mass is 430 g/mol. The van der Waals surface area contributed by atoms with Crippen molar-refractivity contribution in [2.45, 2.75) is 33.4 Å². The second-order valence-corrected chi connectivity index (χ2v) is 7.69. The molecular formula is C19H18N4O6S. The van der Waals surface area contributed by atoms with E-state index < -0.39 is 22.4 Å². The third-order valence-electron chi connectivity index (χ3n) is 4.06. The molecule has 1 amide bonds. The minimum Gasteiger partial charge on any atom is -0.459 e. The molecule has 10 nitrogen and oxygen atoms in total. The number of thiazole rings is 1. The maximum atomic E-state index is 12.5. The van der Waals surface area contributed by atoms with Crippen molar-refractivity contribution in [2.24, 2.45) is 0 Å². The fourth-order valence-electron chi connectivity index (χ4n) is 2.78. The lowest BCUT2D eigenvalue weighted by Gasteiger charge is -2.09. The van der Waals surface area contributed by atoms with Crippen molar-refractivity contribution in [1.29, 1.82) is 0 Å². The van der Waals surface area contributed by atoms with Gasteiger partial charge in [-0.25, -0.2) is 9.78 Å². The molecule has 1 N–H and O–H groups in total. The van der Waals surface area contributed by atoms with E-state index >= 15 is 0 Å². The van der Waals surface area contributed by atoms with E-state index in [4.69, 9.17) is 4.74 Å². The summed E-state index contributed by atoms with van der Waals surface area (Å²) in [6, 6.07) is 6.74. The Labute approximate surface area is 174 Å². The van der Waals surface area contributed by atoms with Crippen molar-refractivity contribution in [3.05, 3.63) is 61.4 Å². The van der Waals surface area contributed by atoms with Gasteiger partial charge in [0.25, 0.3) is 11.2 Å². The van der Waals surface area contributed by atoms with Crippen molar-refractivity contribution in [3.8, 4) is 0 Å². The van der Waals surface area contributed by atoms with Crippen LogP contribution in [0.2, 0.25) is 0 Å². The predicted octanol–water partition coefficient (Wildman–Crippen LogP) is 2.88. The molecule has 2 heterocycles. The number of carbonyl (C=O) groups is 2. The smallest absolute Gasteiger partial charge is 0.350 e. The summed E-state index contributed by atoms with van der Waals surface area (Å²) in [6.07, 6.45) is -0.286. The second kappa shape index (κ2) is 8.41. The van der Waals surface area contributed by atoms with E-state index in [9.17, 15) is 24.5 Å². The summed E-state index contributed by atoms with van der Waals surface area (Å²) in [5, 5.41) is 14.2. The van der Waals surface area contributed by atoms with Gasteiger partial charge in [-0.15, -0.1) is 0 Å². The molecule has 30 heavy (non-hydrogen) atoms. The molecular weight excluding hydrogens is 412 g/mol. The molecule has 0 atom stereocenters. The first-order chi connectivity index (χ1) is 14.2. The van der Waals surface area contributed by atoms with Gasteiger partial charge in [-0.3, -0.25) is 24.3 Å². The zero-order valence-corrected chi connectivity index (χ0v) is 17.2. The first-order valence-electron chi connectivity index (χ1n) is 8.92. The van der Waals surface area contributed by atoms with Crippen LogP contribution in [0.1, 0.15) is 29.2 Å². The van der Waals surface area contributed by atoms with Crippen molar-refractivity contribution in [3.63, 3.8) is 0 Å². The summed E-state index contributed by atoms with van der Waals surface area (Å²) >= 11 is 0.982. The summed E-state index contributed by atoms with van der Waals surface area (Å²) in [4.78, 5) is 51.7. The number of anilines is 1. The number of non-ortho nitro benzene ring substituents is 1. The van der Waals surface area contributed by atoms with Gasteiger partial charge < -0.3 is 10.1 Å². The minimum absolute atomic E-state index is 0.115. The molecule has 3 rings (SSSR count). The summed E-state index contributed by atoms with van der Waals surface area (Å²) < 4.78 is 6.36. The SMILES string of the molecule is Cc1nc(NC(=O)Cn2c(=O)ccc3cc([N+](=O)[O-])ccc32)sc1C(=O)OC(C)C. The number of hydrogen-bond acceptors (Lipinski definition) is 8. The molecule has 0 aliphatic rings. The number of nitrogens with zero attached hydrogens (tertiary/aromatic N) is 3. The average Bonchev–Trinajstić information content (AvgIpc) is 3.03. The Balaban J connectivity index is 1.82. The molecule has 0 bridgehead atoms. The van der Waals surface area contributed by atoms with E-state index in [1.54, 1.807) is 20.8 Å². The minimum atomic E-state index is -0.533. The Morgan fingerprint density at radius 3 is 2.70 bits per heavy atom. The highest BCUT2D eigenvalue weighted by molar-refractivity contribution is 7.17. The Morgan fingerprint density at radius 1 is 1.30 bits per heavy atom. The number of hydrogen-bond donors (Lipinski definition) is 1. The Kier molecular flexibility index (Phi) is 5.92. The molecule has 0 saturated heterocycles. The molecule has 0 fully saturated rings. The van der Waals surface area contributed by atoms with E-state index in [2.05, 4.69) is 10.3 Å². The molecule has 1 aromatic carbocycles. The molecule has 0 aliphatic heterocycles. The van der Waals surface area contributed by atoms with Gasteiger partial charge in [0.2, 0.25) is 5.91 Å². The number of nitro benzene ring substituents is 1. The number of ether oxygens (including phenoxy) is 1. The van der Waals surface area contributed by atoms with E-state index in [0.29, 0.717) is 16.6 Å². The topological polar surface area (TPSA) is 133 Å². The molecule has 11 heteroatoms. The average molecular weight is 430 g/mol. The molecule has 2 aromatic heterocycles. The van der Waals surface area contributed by atoms with Crippen LogP contribution in [0, 0.1) is 17.0 Å². The summed E-state index contributed by atoms with van der Waals surface area (Å²) in [5.41, 5.74) is 0.273.